The Bertz CT molecular complexity index is 708. The Morgan fingerprint density at radius 1 is 1.38 bits per heavy atom. The number of methoxy groups -OCH3 is 1. The van der Waals surface area contributed by atoms with E-state index in [2.05, 4.69) is 15.3 Å². The lowest BCUT2D eigenvalue weighted by molar-refractivity contribution is 0.0566. The number of ether oxygens (including phenoxy) is 1. The van der Waals surface area contributed by atoms with Gasteiger partial charge in [0, 0.05) is 25.7 Å². The molecule has 7 heteroatoms. The lowest BCUT2D eigenvalue weighted by Crippen LogP contribution is -2.31. The van der Waals surface area contributed by atoms with Crippen LogP contribution in [0.1, 0.15) is 71.7 Å². The molecule has 0 aromatic carbocycles. The van der Waals surface area contributed by atoms with Crippen molar-refractivity contribution in [1.82, 2.24) is 9.97 Å². The van der Waals surface area contributed by atoms with Crippen LogP contribution in [0, 0.1) is 5.92 Å². The highest BCUT2D eigenvalue weighted by Crippen LogP contribution is 2.29. The Morgan fingerprint density at radius 2 is 2.19 bits per heavy atom. The fraction of sp³-hybridized carbons (Fsp3) is 0.737. The maximum Gasteiger partial charge on any atom is 0.254 e. The molecule has 0 radical (unpaired) electrons. The third-order valence-electron chi connectivity index (χ3n) is 5.52. The van der Waals surface area contributed by atoms with Crippen LogP contribution in [0.25, 0.3) is 0 Å². The van der Waals surface area contributed by atoms with E-state index < -0.39 is 12.9 Å². The Morgan fingerprint density at radius 3 is 2.88 bits per heavy atom. The summed E-state index contributed by atoms with van der Waals surface area (Å²) in [5.74, 6) is 0.822. The highest BCUT2D eigenvalue weighted by molar-refractivity contribution is 5.97. The first-order valence-electron chi connectivity index (χ1n) is 11.0. The van der Waals surface area contributed by atoms with E-state index in [1.807, 2.05) is 0 Å². The van der Waals surface area contributed by atoms with Crippen LogP contribution in [0.5, 0.6) is 0 Å². The lowest BCUT2D eigenvalue weighted by Gasteiger charge is -2.28. The van der Waals surface area contributed by atoms with Crippen LogP contribution in [0.3, 0.4) is 0 Å². The number of aliphatic hydroxyl groups excluding tert-OH is 1. The second-order valence-electron chi connectivity index (χ2n) is 7.54. The summed E-state index contributed by atoms with van der Waals surface area (Å²) in [5.41, 5.74) is 5.73. The van der Waals surface area contributed by atoms with Gasteiger partial charge in [0.2, 0.25) is 0 Å². The monoisotopic (exact) mass is 365 g/mol. The van der Waals surface area contributed by atoms with Crippen LogP contribution in [-0.2, 0) is 11.2 Å². The largest absolute Gasteiger partial charge is 0.393 e. The number of amides is 1. The molecule has 1 aromatic heterocycles. The van der Waals surface area contributed by atoms with E-state index in [1.54, 1.807) is 0 Å². The van der Waals surface area contributed by atoms with Crippen molar-refractivity contribution >= 4 is 11.7 Å². The quantitative estimate of drug-likeness (QED) is 0.711. The summed E-state index contributed by atoms with van der Waals surface area (Å²) in [6.45, 7) is 0. The molecule has 1 aromatic rings. The van der Waals surface area contributed by atoms with E-state index in [-0.39, 0.29) is 23.8 Å². The Labute approximate surface area is 159 Å². The Balaban J connectivity index is 1.62. The molecule has 26 heavy (non-hydrogen) atoms. The van der Waals surface area contributed by atoms with E-state index in [0.717, 1.165) is 32.1 Å². The number of nitrogens with one attached hydrogen (secondary N) is 1. The predicted octanol–water partition coefficient (Wildman–Crippen LogP) is 2.04. The topological polar surface area (TPSA) is 110 Å². The summed E-state index contributed by atoms with van der Waals surface area (Å²) in [6, 6.07) is 0.0482. The molecule has 0 aliphatic heterocycles. The third kappa shape index (κ3) is 4.92. The minimum Gasteiger partial charge on any atom is -0.393 e. The van der Waals surface area contributed by atoms with Crippen LogP contribution < -0.4 is 11.1 Å². The number of carbonyl (C=O) groups is 1. The maximum atomic E-state index is 11.8. The van der Waals surface area contributed by atoms with Crippen molar-refractivity contribution in [2.45, 2.75) is 76.0 Å². The smallest absolute Gasteiger partial charge is 0.254 e. The fourth-order valence-electron chi connectivity index (χ4n) is 4.01. The highest BCUT2D eigenvalue weighted by Gasteiger charge is 2.24. The number of aromatic nitrogens is 2. The first kappa shape index (κ1) is 15.3. The van der Waals surface area contributed by atoms with Crippen molar-refractivity contribution < 1.29 is 18.8 Å². The van der Waals surface area contributed by atoms with Crippen molar-refractivity contribution in [2.75, 3.05) is 12.4 Å². The van der Waals surface area contributed by atoms with Gasteiger partial charge in [0.25, 0.3) is 5.91 Å². The number of rotatable bonds is 6. The predicted molar refractivity (Wildman–Crippen MR) is 98.9 cm³/mol. The standard InChI is InChI=1S/C19H30N4O3/c1-26-15-7-5-12(6-8-15)9-17-21-11-16(18(20)25)19(23-17)22-13-3-2-4-14(24)10-13/h11-15,24H,2-10H2,1H3,(H2,20,25)(H,21,22,23)/t12-,13-,14+,15-/m1/s1/i1D3. The molecule has 2 atom stereocenters. The van der Waals surface area contributed by atoms with E-state index >= 15 is 0 Å². The summed E-state index contributed by atoms with van der Waals surface area (Å²) < 4.78 is 26.8. The molecule has 2 aliphatic rings. The first-order valence-corrected chi connectivity index (χ1v) is 9.47. The Hall–Kier alpha value is -1.73. The molecule has 3 rings (SSSR count). The second kappa shape index (κ2) is 8.77. The van der Waals surface area contributed by atoms with Crippen LogP contribution in [0.4, 0.5) is 5.82 Å². The van der Waals surface area contributed by atoms with Crippen LogP contribution >= 0.6 is 0 Å². The van der Waals surface area contributed by atoms with Crippen LogP contribution in [0.2, 0.25) is 0 Å². The van der Waals surface area contributed by atoms with E-state index in [0.29, 0.717) is 43.2 Å². The number of hydrogen-bond donors (Lipinski definition) is 3. The molecular formula is C19H30N4O3. The van der Waals surface area contributed by atoms with Crippen LogP contribution in [0.15, 0.2) is 6.20 Å². The molecular weight excluding hydrogens is 332 g/mol. The van der Waals surface area contributed by atoms with Crippen molar-refractivity contribution in [3.63, 3.8) is 0 Å². The molecule has 2 saturated carbocycles. The zero-order chi connectivity index (χ0) is 21.0. The number of carbonyl (C=O) groups excluding carboxylic acids is 1. The minimum absolute atomic E-state index is 0.0482. The van der Waals surface area contributed by atoms with Gasteiger partial charge in [-0.3, -0.25) is 4.79 Å². The Kier molecular flexibility index (Phi) is 5.18. The summed E-state index contributed by atoms with van der Waals surface area (Å²) in [7, 11) is -2.35. The third-order valence-corrected chi connectivity index (χ3v) is 5.52. The lowest BCUT2D eigenvalue weighted by atomic mass is 9.85. The van der Waals surface area contributed by atoms with E-state index in [1.165, 1.54) is 6.20 Å². The minimum atomic E-state index is -2.35. The number of hydrogen-bond acceptors (Lipinski definition) is 6. The van der Waals surface area contributed by atoms with Crippen molar-refractivity contribution in [3.8, 4) is 0 Å². The number of anilines is 1. The van der Waals surface area contributed by atoms with Gasteiger partial charge >= 0.3 is 0 Å². The molecule has 0 saturated heterocycles. The zero-order valence-corrected chi connectivity index (χ0v) is 15.0. The normalized spacial score (nSPS) is 31.5. The second-order valence-corrected chi connectivity index (χ2v) is 7.54. The van der Waals surface area contributed by atoms with Crippen molar-refractivity contribution in [1.29, 1.82) is 0 Å². The van der Waals surface area contributed by atoms with Gasteiger partial charge in [-0.25, -0.2) is 9.97 Å². The van der Waals surface area contributed by atoms with Gasteiger partial charge in [-0.05, 0) is 57.3 Å². The molecule has 2 aliphatic carbocycles. The number of primary amides is 1. The molecule has 0 spiro atoms. The molecule has 7 nitrogen and oxygen atoms in total. The number of nitrogens with zero attached hydrogens (tertiary/aromatic N) is 2. The average molecular weight is 365 g/mol. The zero-order valence-electron chi connectivity index (χ0n) is 18.0. The molecule has 2 fully saturated rings. The van der Waals surface area contributed by atoms with Crippen molar-refractivity contribution in [2.24, 2.45) is 11.7 Å². The summed E-state index contributed by atoms with van der Waals surface area (Å²) >= 11 is 0. The van der Waals surface area contributed by atoms with Gasteiger partial charge in [0.05, 0.1) is 21.9 Å². The van der Waals surface area contributed by atoms with Gasteiger partial charge in [-0.1, -0.05) is 0 Å². The maximum absolute atomic E-state index is 11.8. The summed E-state index contributed by atoms with van der Waals surface area (Å²) in [5, 5.41) is 13.2. The van der Waals surface area contributed by atoms with Gasteiger partial charge in [-0.15, -0.1) is 0 Å². The average Bonchev–Trinajstić information content (AvgIpc) is 2.62. The first-order chi connectivity index (χ1) is 13.7. The summed E-state index contributed by atoms with van der Waals surface area (Å²) in [6.07, 6.45) is 7.89. The fourth-order valence-corrected chi connectivity index (χ4v) is 4.01. The van der Waals surface area contributed by atoms with Crippen LogP contribution in [-0.4, -0.2) is 46.3 Å². The van der Waals surface area contributed by atoms with Gasteiger partial charge < -0.3 is 20.9 Å². The molecule has 1 heterocycles. The van der Waals surface area contributed by atoms with Crippen molar-refractivity contribution in [3.05, 3.63) is 17.6 Å². The molecule has 4 N–H and O–H groups in total. The van der Waals surface area contributed by atoms with E-state index in [9.17, 15) is 9.90 Å². The number of aliphatic hydroxyl groups is 1. The molecule has 1 amide bonds. The highest BCUT2D eigenvalue weighted by atomic mass is 16.5. The van der Waals surface area contributed by atoms with E-state index in [4.69, 9.17) is 14.6 Å². The molecule has 144 valence electrons. The SMILES string of the molecule is [2H]C([2H])([2H])O[C@H]1CC[C@H](Cc2ncc(C(N)=O)c(N[C@@H]3CCC[C@H](O)C3)n2)CC1. The van der Waals surface area contributed by atoms with Gasteiger partial charge in [-0.2, -0.15) is 0 Å². The summed E-state index contributed by atoms with van der Waals surface area (Å²) in [4.78, 5) is 20.7. The molecule has 0 unspecified atom stereocenters. The molecule has 0 bridgehead atoms. The van der Waals surface area contributed by atoms with Gasteiger partial charge in [0.1, 0.15) is 11.6 Å². The van der Waals surface area contributed by atoms with Gasteiger partial charge in [0.15, 0.2) is 0 Å². The number of nitrogens with two attached hydrogens (primary N) is 1.